The van der Waals surface area contributed by atoms with Gasteiger partial charge in [-0.25, -0.2) is 0 Å². The lowest BCUT2D eigenvalue weighted by Gasteiger charge is -2.12. The fourth-order valence-electron chi connectivity index (χ4n) is 3.37. The zero-order valence-electron chi connectivity index (χ0n) is 11.7. The van der Waals surface area contributed by atoms with Crippen molar-refractivity contribution in [3.63, 3.8) is 0 Å². The van der Waals surface area contributed by atoms with Crippen molar-refractivity contribution in [3.8, 4) is 0 Å². The van der Waals surface area contributed by atoms with E-state index < -0.39 is 0 Å². The Balaban J connectivity index is 2.23. The smallest absolute Gasteiger partial charge is 0.257 e. The lowest BCUT2D eigenvalue weighted by molar-refractivity contribution is 1.13. The molecule has 2 aromatic heterocycles. The Morgan fingerprint density at radius 3 is 2.50 bits per heavy atom. The number of nitrogens with zero attached hydrogens (tertiary/aromatic N) is 1. The molecule has 3 aromatic carbocycles. The molecule has 0 fully saturated rings. The number of nitrogens with one attached hydrogen (secondary N) is 1. The van der Waals surface area contributed by atoms with E-state index in [1.54, 1.807) is 10.5 Å². The minimum Gasteiger partial charge on any atom is -0.340 e. The molecule has 0 bridgehead atoms. The van der Waals surface area contributed by atoms with Crippen LogP contribution in [-0.2, 0) is 0 Å². The molecular formula is C19H12N2O. The van der Waals surface area contributed by atoms with Crippen molar-refractivity contribution in [1.82, 2.24) is 9.38 Å². The van der Waals surface area contributed by atoms with Crippen LogP contribution in [0.2, 0.25) is 0 Å². The van der Waals surface area contributed by atoms with E-state index in [4.69, 9.17) is 0 Å². The molecule has 2 heterocycles. The molecule has 0 radical (unpaired) electrons. The van der Waals surface area contributed by atoms with Crippen LogP contribution in [-0.4, -0.2) is 9.38 Å². The van der Waals surface area contributed by atoms with E-state index in [-0.39, 0.29) is 5.56 Å². The molecule has 5 rings (SSSR count). The highest BCUT2D eigenvalue weighted by molar-refractivity contribution is 6.09. The van der Waals surface area contributed by atoms with Gasteiger partial charge in [0.15, 0.2) is 0 Å². The zero-order valence-corrected chi connectivity index (χ0v) is 11.7. The Hall–Kier alpha value is -3.07. The Bertz CT molecular complexity index is 1240. The maximum absolute atomic E-state index is 12.7. The van der Waals surface area contributed by atoms with Gasteiger partial charge in [0.25, 0.3) is 5.56 Å². The summed E-state index contributed by atoms with van der Waals surface area (Å²) in [4.78, 5) is 16.1. The second kappa shape index (κ2) is 3.98. The molecule has 0 amide bonds. The molecule has 104 valence electrons. The normalized spacial score (nSPS) is 11.8. The molecule has 1 N–H and O–H groups in total. The highest BCUT2D eigenvalue weighted by Crippen LogP contribution is 2.27. The average molecular weight is 284 g/mol. The molecule has 0 atom stereocenters. The van der Waals surface area contributed by atoms with Gasteiger partial charge in [0.2, 0.25) is 0 Å². The topological polar surface area (TPSA) is 37.3 Å². The molecule has 3 heteroatoms. The van der Waals surface area contributed by atoms with Crippen LogP contribution in [0.15, 0.2) is 71.5 Å². The van der Waals surface area contributed by atoms with E-state index in [1.165, 1.54) is 0 Å². The summed E-state index contributed by atoms with van der Waals surface area (Å²) in [6.45, 7) is 0. The fraction of sp³-hybridized carbons (Fsp3) is 0. The summed E-state index contributed by atoms with van der Waals surface area (Å²) in [5.41, 5.74) is 2.82. The van der Waals surface area contributed by atoms with Gasteiger partial charge < -0.3 is 4.98 Å². The molecule has 3 nitrogen and oxygen atoms in total. The predicted molar refractivity (Wildman–Crippen MR) is 90.5 cm³/mol. The second-order valence-electron chi connectivity index (χ2n) is 5.56. The number of rotatable bonds is 0. The van der Waals surface area contributed by atoms with Crippen LogP contribution < -0.4 is 5.56 Å². The number of pyridine rings is 1. The van der Waals surface area contributed by atoms with Gasteiger partial charge in [-0.2, -0.15) is 0 Å². The third-order valence-corrected chi connectivity index (χ3v) is 4.32. The molecule has 0 saturated carbocycles. The number of aromatic nitrogens is 2. The third-order valence-electron chi connectivity index (χ3n) is 4.32. The van der Waals surface area contributed by atoms with Crippen LogP contribution in [0.5, 0.6) is 0 Å². The van der Waals surface area contributed by atoms with Crippen molar-refractivity contribution in [1.29, 1.82) is 0 Å². The number of hydrogen-bond acceptors (Lipinski definition) is 1. The molecule has 22 heavy (non-hydrogen) atoms. The number of benzene rings is 3. The Kier molecular flexibility index (Phi) is 2.09. The molecule has 0 saturated heterocycles. The largest absolute Gasteiger partial charge is 0.340 e. The Morgan fingerprint density at radius 2 is 1.59 bits per heavy atom. The number of aromatic amines is 1. The van der Waals surface area contributed by atoms with Crippen molar-refractivity contribution in [3.05, 3.63) is 77.1 Å². The van der Waals surface area contributed by atoms with Gasteiger partial charge in [-0.05, 0) is 22.9 Å². The van der Waals surface area contributed by atoms with Crippen molar-refractivity contribution >= 4 is 38.2 Å². The van der Waals surface area contributed by atoms with Gasteiger partial charge in [-0.1, -0.05) is 48.5 Å². The number of fused-ring (bicyclic) bond motifs is 4. The number of hydrogen-bond donors (Lipinski definition) is 1. The summed E-state index contributed by atoms with van der Waals surface area (Å²) in [5, 5.41) is 4.23. The first kappa shape index (κ1) is 11.6. The lowest BCUT2D eigenvalue weighted by atomic mass is 10.1. The van der Waals surface area contributed by atoms with Crippen LogP contribution in [0.4, 0.5) is 0 Å². The van der Waals surface area contributed by atoms with Crippen LogP contribution in [0.25, 0.3) is 38.2 Å². The number of H-pyrrole nitrogens is 1. The van der Waals surface area contributed by atoms with Gasteiger partial charge in [0.1, 0.15) is 5.65 Å². The summed E-state index contributed by atoms with van der Waals surface area (Å²) < 4.78 is 1.78. The van der Waals surface area contributed by atoms with E-state index in [9.17, 15) is 4.79 Å². The minimum absolute atomic E-state index is 0.0109. The molecule has 0 aliphatic carbocycles. The minimum atomic E-state index is -0.0109. The van der Waals surface area contributed by atoms with Crippen molar-refractivity contribution in [2.45, 2.75) is 0 Å². The molecule has 0 spiro atoms. The van der Waals surface area contributed by atoms with E-state index >= 15 is 0 Å². The molecule has 0 unspecified atom stereocenters. The van der Waals surface area contributed by atoms with Gasteiger partial charge in [0, 0.05) is 22.4 Å². The van der Waals surface area contributed by atoms with Crippen LogP contribution in [0.1, 0.15) is 0 Å². The third kappa shape index (κ3) is 1.37. The Morgan fingerprint density at radius 1 is 0.818 bits per heavy atom. The summed E-state index contributed by atoms with van der Waals surface area (Å²) in [6.07, 6.45) is 0. The Labute approximate surface area is 125 Å². The highest BCUT2D eigenvalue weighted by atomic mass is 16.1. The van der Waals surface area contributed by atoms with Crippen molar-refractivity contribution in [2.75, 3.05) is 0 Å². The van der Waals surface area contributed by atoms with E-state index in [1.807, 2.05) is 42.5 Å². The lowest BCUT2D eigenvalue weighted by Crippen LogP contribution is -2.14. The van der Waals surface area contributed by atoms with Crippen LogP contribution >= 0.6 is 0 Å². The standard InChI is InChI=1S/C19H12N2O/c22-17-11-13-5-1-2-8-14(13)19-20-15-9-3-6-12-7-4-10-16(18(12)15)21(17)19/h1-11,20H. The maximum Gasteiger partial charge on any atom is 0.257 e. The summed E-state index contributed by atoms with van der Waals surface area (Å²) in [5.74, 6) is 0. The monoisotopic (exact) mass is 284 g/mol. The first-order valence-electron chi connectivity index (χ1n) is 7.27. The van der Waals surface area contributed by atoms with Crippen LogP contribution in [0, 0.1) is 0 Å². The molecule has 0 aliphatic rings. The SMILES string of the molecule is O=c1cc2ccccc2c2[nH]c3cccc4cccc(c43)n12. The summed E-state index contributed by atoms with van der Waals surface area (Å²) >= 11 is 0. The van der Waals surface area contributed by atoms with Gasteiger partial charge in [-0.3, -0.25) is 9.20 Å². The molecule has 0 aliphatic heterocycles. The van der Waals surface area contributed by atoms with Gasteiger partial charge >= 0.3 is 0 Å². The fourth-order valence-corrected chi connectivity index (χ4v) is 3.37. The second-order valence-corrected chi connectivity index (χ2v) is 5.56. The maximum atomic E-state index is 12.7. The van der Waals surface area contributed by atoms with Crippen molar-refractivity contribution in [2.24, 2.45) is 0 Å². The van der Waals surface area contributed by atoms with E-state index in [0.717, 1.165) is 38.2 Å². The van der Waals surface area contributed by atoms with E-state index in [0.29, 0.717) is 0 Å². The average Bonchev–Trinajstić information content (AvgIpc) is 2.55. The predicted octanol–water partition coefficient (Wildman–Crippen LogP) is 4.09. The quantitative estimate of drug-likeness (QED) is 0.337. The first-order valence-corrected chi connectivity index (χ1v) is 7.27. The first-order chi connectivity index (χ1) is 10.8. The van der Waals surface area contributed by atoms with Gasteiger partial charge in [-0.15, -0.1) is 0 Å². The van der Waals surface area contributed by atoms with Gasteiger partial charge in [0.05, 0.1) is 5.52 Å². The summed E-state index contributed by atoms with van der Waals surface area (Å²) in [7, 11) is 0. The molecule has 5 aromatic rings. The zero-order chi connectivity index (χ0) is 14.7. The van der Waals surface area contributed by atoms with Crippen molar-refractivity contribution < 1.29 is 0 Å². The molecular weight excluding hydrogens is 272 g/mol. The summed E-state index contributed by atoms with van der Waals surface area (Å²) in [6, 6.07) is 21.9. The van der Waals surface area contributed by atoms with E-state index in [2.05, 4.69) is 23.2 Å². The highest BCUT2D eigenvalue weighted by Gasteiger charge is 2.10. The van der Waals surface area contributed by atoms with Crippen LogP contribution in [0.3, 0.4) is 0 Å².